The van der Waals surface area contributed by atoms with Gasteiger partial charge in [0.2, 0.25) is 0 Å². The smallest absolute Gasteiger partial charge is 0.316 e. The number of carbonyl (C=O) groups excluding carboxylic acids is 1. The average molecular weight is 251 g/mol. The van der Waals surface area contributed by atoms with E-state index in [1.54, 1.807) is 6.92 Å². The van der Waals surface area contributed by atoms with Gasteiger partial charge in [0.05, 0.1) is 12.4 Å². The number of carbonyl (C=O) groups is 1. The Balaban J connectivity index is 1.96. The van der Waals surface area contributed by atoms with E-state index < -0.39 is 0 Å². The minimum absolute atomic E-state index is 0.223. The summed E-state index contributed by atoms with van der Waals surface area (Å²) in [7, 11) is 0. The predicted molar refractivity (Wildman–Crippen MR) is 68.1 cm³/mol. The van der Waals surface area contributed by atoms with Gasteiger partial charge in [0.25, 0.3) is 0 Å². The molecule has 1 aliphatic heterocycles. The molecule has 0 spiro atoms. The summed E-state index contributed by atoms with van der Waals surface area (Å²) in [5.74, 6) is 0.838. The number of thioether (sulfide) groups is 1. The summed E-state index contributed by atoms with van der Waals surface area (Å²) in [6, 6.07) is 7.58. The van der Waals surface area contributed by atoms with Crippen LogP contribution in [0.2, 0.25) is 0 Å². The van der Waals surface area contributed by atoms with Crippen LogP contribution in [0.3, 0.4) is 0 Å². The van der Waals surface area contributed by atoms with Crippen molar-refractivity contribution in [2.45, 2.75) is 6.92 Å². The Labute approximate surface area is 104 Å². The highest BCUT2D eigenvalue weighted by atomic mass is 32.2. The number of para-hydroxylation sites is 2. The first-order valence-electron chi connectivity index (χ1n) is 5.37. The van der Waals surface area contributed by atoms with Crippen molar-refractivity contribution in [3.8, 4) is 5.75 Å². The van der Waals surface area contributed by atoms with Crippen LogP contribution in [0.15, 0.2) is 29.3 Å². The Bertz CT molecular complexity index is 445. The average Bonchev–Trinajstić information content (AvgIpc) is 2.36. The van der Waals surface area contributed by atoms with E-state index in [2.05, 4.69) is 4.99 Å². The van der Waals surface area contributed by atoms with Crippen molar-refractivity contribution >= 4 is 28.5 Å². The van der Waals surface area contributed by atoms with Crippen molar-refractivity contribution in [2.24, 2.45) is 4.99 Å². The number of nitrogens with zero attached hydrogens (tertiary/aromatic N) is 1. The predicted octanol–water partition coefficient (Wildman–Crippen LogP) is 2.41. The standard InChI is InChI=1S/C12H13NO3S/c1-2-15-12(14)8-17-11-7-16-10-6-4-3-5-9(10)13-11/h3-6H,2,7-8H2,1H3. The third-order valence-corrected chi connectivity index (χ3v) is 3.05. The Hall–Kier alpha value is -1.49. The molecule has 4 nitrogen and oxygen atoms in total. The maximum Gasteiger partial charge on any atom is 0.316 e. The summed E-state index contributed by atoms with van der Waals surface area (Å²) < 4.78 is 10.4. The van der Waals surface area contributed by atoms with Gasteiger partial charge in [-0.1, -0.05) is 23.9 Å². The van der Waals surface area contributed by atoms with Crippen LogP contribution >= 0.6 is 11.8 Å². The molecule has 2 rings (SSSR count). The van der Waals surface area contributed by atoms with Gasteiger partial charge in [-0.15, -0.1) is 0 Å². The lowest BCUT2D eigenvalue weighted by Crippen LogP contribution is -2.15. The normalized spacial score (nSPS) is 13.4. The largest absolute Gasteiger partial charge is 0.484 e. The third-order valence-electron chi connectivity index (χ3n) is 2.12. The maximum atomic E-state index is 11.2. The zero-order valence-corrected chi connectivity index (χ0v) is 10.3. The van der Waals surface area contributed by atoms with Crippen LogP contribution in [0.25, 0.3) is 0 Å². The fraction of sp³-hybridized carbons (Fsp3) is 0.333. The molecule has 0 N–H and O–H groups in total. The first kappa shape index (κ1) is 12.0. The molecule has 0 bridgehead atoms. The van der Waals surface area contributed by atoms with Crippen LogP contribution in [-0.2, 0) is 9.53 Å². The minimum Gasteiger partial charge on any atom is -0.484 e. The molecule has 0 saturated heterocycles. The molecule has 0 aliphatic carbocycles. The number of fused-ring (bicyclic) bond motifs is 1. The van der Waals surface area contributed by atoms with Crippen molar-refractivity contribution < 1.29 is 14.3 Å². The number of aliphatic imine (C=N–C) groups is 1. The van der Waals surface area contributed by atoms with Gasteiger partial charge >= 0.3 is 5.97 Å². The highest BCUT2D eigenvalue weighted by molar-refractivity contribution is 8.14. The third kappa shape index (κ3) is 3.23. The monoisotopic (exact) mass is 251 g/mol. The van der Waals surface area contributed by atoms with E-state index in [-0.39, 0.29) is 11.7 Å². The summed E-state index contributed by atoms with van der Waals surface area (Å²) >= 11 is 1.36. The second-order valence-corrected chi connectivity index (χ2v) is 4.40. The van der Waals surface area contributed by atoms with Crippen molar-refractivity contribution in [1.29, 1.82) is 0 Å². The molecule has 1 aromatic carbocycles. The SMILES string of the molecule is CCOC(=O)CSC1=Nc2ccccc2OC1. The Morgan fingerprint density at radius 1 is 1.53 bits per heavy atom. The van der Waals surface area contributed by atoms with Crippen molar-refractivity contribution in [1.82, 2.24) is 0 Å². The molecule has 0 unspecified atom stereocenters. The van der Waals surface area contributed by atoms with Crippen LogP contribution in [-0.4, -0.2) is 30.0 Å². The maximum absolute atomic E-state index is 11.2. The highest BCUT2D eigenvalue weighted by Crippen LogP contribution is 2.31. The summed E-state index contributed by atoms with van der Waals surface area (Å²) in [6.07, 6.45) is 0. The van der Waals surface area contributed by atoms with E-state index in [1.165, 1.54) is 11.8 Å². The molecule has 90 valence electrons. The first-order valence-corrected chi connectivity index (χ1v) is 6.36. The second-order valence-electron chi connectivity index (χ2n) is 3.36. The zero-order chi connectivity index (χ0) is 12.1. The first-order chi connectivity index (χ1) is 8.29. The molecule has 1 aliphatic rings. The molecular weight excluding hydrogens is 238 g/mol. The topological polar surface area (TPSA) is 47.9 Å². The fourth-order valence-corrected chi connectivity index (χ4v) is 2.07. The molecule has 1 aromatic rings. The second kappa shape index (κ2) is 5.72. The van der Waals surface area contributed by atoms with E-state index >= 15 is 0 Å². The number of benzene rings is 1. The van der Waals surface area contributed by atoms with Gasteiger partial charge in [0.1, 0.15) is 23.1 Å². The van der Waals surface area contributed by atoms with Gasteiger partial charge in [0.15, 0.2) is 0 Å². The van der Waals surface area contributed by atoms with Crippen LogP contribution in [0.5, 0.6) is 5.75 Å². The van der Waals surface area contributed by atoms with Gasteiger partial charge in [-0.25, -0.2) is 4.99 Å². The number of ether oxygens (including phenoxy) is 2. The van der Waals surface area contributed by atoms with Crippen LogP contribution in [0, 0.1) is 0 Å². The Morgan fingerprint density at radius 2 is 2.35 bits per heavy atom. The zero-order valence-electron chi connectivity index (χ0n) is 9.51. The Morgan fingerprint density at radius 3 is 3.18 bits per heavy atom. The summed E-state index contributed by atoms with van der Waals surface area (Å²) in [6.45, 7) is 2.62. The lowest BCUT2D eigenvalue weighted by molar-refractivity contribution is -0.139. The van der Waals surface area contributed by atoms with Crippen LogP contribution < -0.4 is 4.74 Å². The van der Waals surface area contributed by atoms with E-state index in [4.69, 9.17) is 9.47 Å². The lowest BCUT2D eigenvalue weighted by Gasteiger charge is -2.15. The molecule has 1 heterocycles. The van der Waals surface area contributed by atoms with Crippen molar-refractivity contribution in [3.05, 3.63) is 24.3 Å². The quantitative estimate of drug-likeness (QED) is 0.774. The molecule has 5 heteroatoms. The molecule has 17 heavy (non-hydrogen) atoms. The molecule has 0 aromatic heterocycles. The van der Waals surface area contributed by atoms with Gasteiger partial charge in [0, 0.05) is 0 Å². The molecular formula is C12H13NO3S. The summed E-state index contributed by atoms with van der Waals surface area (Å²) in [5, 5.41) is 0.803. The Kier molecular flexibility index (Phi) is 4.03. The van der Waals surface area contributed by atoms with E-state index in [1.807, 2.05) is 24.3 Å². The van der Waals surface area contributed by atoms with E-state index in [0.717, 1.165) is 16.5 Å². The van der Waals surface area contributed by atoms with Crippen molar-refractivity contribution in [2.75, 3.05) is 19.0 Å². The molecule has 0 radical (unpaired) electrons. The number of hydrogen-bond acceptors (Lipinski definition) is 5. The van der Waals surface area contributed by atoms with E-state index in [9.17, 15) is 4.79 Å². The number of esters is 1. The molecule has 0 amide bonds. The van der Waals surface area contributed by atoms with Gasteiger partial charge in [-0.05, 0) is 19.1 Å². The minimum atomic E-state index is -0.223. The van der Waals surface area contributed by atoms with Gasteiger partial charge < -0.3 is 9.47 Å². The summed E-state index contributed by atoms with van der Waals surface area (Å²) in [4.78, 5) is 15.6. The summed E-state index contributed by atoms with van der Waals surface area (Å²) in [5.41, 5.74) is 0.810. The van der Waals surface area contributed by atoms with Crippen molar-refractivity contribution in [3.63, 3.8) is 0 Å². The molecule has 0 atom stereocenters. The van der Waals surface area contributed by atoms with Crippen LogP contribution in [0.4, 0.5) is 5.69 Å². The van der Waals surface area contributed by atoms with Crippen LogP contribution in [0.1, 0.15) is 6.92 Å². The van der Waals surface area contributed by atoms with E-state index in [0.29, 0.717) is 13.2 Å². The van der Waals surface area contributed by atoms with Gasteiger partial charge in [-0.3, -0.25) is 4.79 Å². The fourth-order valence-electron chi connectivity index (χ4n) is 1.40. The molecule has 0 fully saturated rings. The number of rotatable bonds is 3. The number of hydrogen-bond donors (Lipinski definition) is 0. The van der Waals surface area contributed by atoms with Gasteiger partial charge in [-0.2, -0.15) is 0 Å². The molecule has 0 saturated carbocycles. The lowest BCUT2D eigenvalue weighted by atomic mass is 10.3. The highest BCUT2D eigenvalue weighted by Gasteiger charge is 2.14.